The second-order valence-electron chi connectivity index (χ2n) is 6.24. The van der Waals surface area contributed by atoms with Crippen LogP contribution in [0.5, 0.6) is 0 Å². The molecule has 0 atom stereocenters. The first-order valence-electron chi connectivity index (χ1n) is 8.14. The number of ketones is 1. The van der Waals surface area contributed by atoms with Crippen LogP contribution in [0, 0.1) is 3.57 Å². The molecule has 0 spiro atoms. The van der Waals surface area contributed by atoms with Gasteiger partial charge in [-0.05, 0) is 65.8 Å². The van der Waals surface area contributed by atoms with E-state index in [4.69, 9.17) is 0 Å². The van der Waals surface area contributed by atoms with Crippen molar-refractivity contribution in [1.82, 2.24) is 4.57 Å². The average molecular weight is 415 g/mol. The van der Waals surface area contributed by atoms with Crippen molar-refractivity contribution in [2.24, 2.45) is 0 Å². The van der Waals surface area contributed by atoms with E-state index in [1.54, 1.807) is 0 Å². The van der Waals surface area contributed by atoms with Crippen molar-refractivity contribution in [1.29, 1.82) is 0 Å². The molecule has 1 fully saturated rings. The second kappa shape index (κ2) is 6.11. The average Bonchev–Trinajstić information content (AvgIpc) is 3.22. The van der Waals surface area contributed by atoms with Crippen LogP contribution in [0.3, 0.4) is 0 Å². The van der Waals surface area contributed by atoms with Crippen molar-refractivity contribution in [3.05, 3.63) is 69.4 Å². The lowest BCUT2D eigenvalue weighted by Gasteiger charge is -2.12. The maximum atomic E-state index is 13.0. The molecule has 0 aliphatic heterocycles. The third kappa shape index (κ3) is 2.71. The molecule has 0 N–H and O–H groups in total. The maximum absolute atomic E-state index is 13.0. The quantitative estimate of drug-likeness (QED) is 0.404. The number of halogens is 1. The van der Waals surface area contributed by atoms with Crippen LogP contribution < -0.4 is 0 Å². The van der Waals surface area contributed by atoms with Gasteiger partial charge in [0.15, 0.2) is 5.78 Å². The number of aromatic nitrogens is 1. The van der Waals surface area contributed by atoms with Gasteiger partial charge in [-0.15, -0.1) is 0 Å². The number of nitrogens with zero attached hydrogens (tertiary/aromatic N) is 1. The summed E-state index contributed by atoms with van der Waals surface area (Å²) in [5, 5.41) is 1.07. The minimum atomic E-state index is 0.120. The molecule has 3 aromatic rings. The Balaban J connectivity index is 1.83. The van der Waals surface area contributed by atoms with Gasteiger partial charge in [0.05, 0.1) is 0 Å². The monoisotopic (exact) mass is 415 g/mol. The Bertz CT molecular complexity index is 857. The summed E-state index contributed by atoms with van der Waals surface area (Å²) in [7, 11) is 0. The smallest absolute Gasteiger partial charge is 0.195 e. The van der Waals surface area contributed by atoms with E-state index in [-0.39, 0.29) is 5.78 Å². The lowest BCUT2D eigenvalue weighted by atomic mass is 10.0. The van der Waals surface area contributed by atoms with Crippen LogP contribution in [0.2, 0.25) is 0 Å². The molecule has 2 nitrogen and oxygen atoms in total. The molecule has 1 aliphatic carbocycles. The van der Waals surface area contributed by atoms with Crippen LogP contribution in [-0.2, 0) is 0 Å². The van der Waals surface area contributed by atoms with E-state index in [0.29, 0.717) is 6.04 Å². The lowest BCUT2D eigenvalue weighted by molar-refractivity contribution is 0.104. The number of para-hydroxylation sites is 1. The molecule has 116 valence electrons. The standard InChI is InChI=1S/C20H18INO/c21-15-11-9-14(10-12-15)20(23)18-13-22(16-5-1-2-6-16)19-8-4-3-7-17(18)19/h3-4,7-13,16H,1-2,5-6H2. The van der Waals surface area contributed by atoms with Crippen LogP contribution in [0.15, 0.2) is 54.7 Å². The zero-order chi connectivity index (χ0) is 15.8. The highest BCUT2D eigenvalue weighted by Crippen LogP contribution is 2.34. The van der Waals surface area contributed by atoms with E-state index >= 15 is 0 Å². The number of carbonyl (C=O) groups is 1. The number of benzene rings is 2. The molecule has 2 aromatic carbocycles. The van der Waals surface area contributed by atoms with Crippen LogP contribution in [0.25, 0.3) is 10.9 Å². The van der Waals surface area contributed by atoms with Gasteiger partial charge in [-0.2, -0.15) is 0 Å². The first-order valence-corrected chi connectivity index (χ1v) is 9.22. The predicted molar refractivity (Wildman–Crippen MR) is 102 cm³/mol. The van der Waals surface area contributed by atoms with Gasteiger partial charge in [0, 0.05) is 37.8 Å². The zero-order valence-electron chi connectivity index (χ0n) is 12.8. The highest BCUT2D eigenvalue weighted by molar-refractivity contribution is 14.1. The normalized spacial score (nSPS) is 15.3. The first-order chi connectivity index (χ1) is 11.2. The van der Waals surface area contributed by atoms with Gasteiger partial charge in [0.2, 0.25) is 0 Å². The van der Waals surface area contributed by atoms with Crippen molar-refractivity contribution in [3.63, 3.8) is 0 Å². The molecule has 23 heavy (non-hydrogen) atoms. The fourth-order valence-electron chi connectivity index (χ4n) is 3.63. The Morgan fingerprint density at radius 2 is 1.70 bits per heavy atom. The summed E-state index contributed by atoms with van der Waals surface area (Å²) in [5.41, 5.74) is 2.78. The molecular weight excluding hydrogens is 397 g/mol. The van der Waals surface area contributed by atoms with E-state index in [0.717, 1.165) is 20.1 Å². The Morgan fingerprint density at radius 3 is 2.43 bits per heavy atom. The Labute approximate surface area is 149 Å². The van der Waals surface area contributed by atoms with Gasteiger partial charge in [0.1, 0.15) is 0 Å². The van der Waals surface area contributed by atoms with Crippen molar-refractivity contribution >= 4 is 39.3 Å². The van der Waals surface area contributed by atoms with E-state index in [2.05, 4.69) is 51.6 Å². The fraction of sp³-hybridized carbons (Fsp3) is 0.250. The maximum Gasteiger partial charge on any atom is 0.195 e. The highest BCUT2D eigenvalue weighted by atomic mass is 127. The summed E-state index contributed by atoms with van der Waals surface area (Å²) in [6.45, 7) is 0. The third-order valence-electron chi connectivity index (χ3n) is 4.81. The minimum Gasteiger partial charge on any atom is -0.344 e. The number of rotatable bonds is 3. The van der Waals surface area contributed by atoms with Gasteiger partial charge in [0.25, 0.3) is 0 Å². The van der Waals surface area contributed by atoms with E-state index < -0.39 is 0 Å². The molecule has 0 amide bonds. The van der Waals surface area contributed by atoms with Crippen molar-refractivity contribution in [2.45, 2.75) is 31.7 Å². The lowest BCUT2D eigenvalue weighted by Crippen LogP contribution is -2.04. The first kappa shape index (κ1) is 14.9. The molecule has 0 bridgehead atoms. The molecule has 1 heterocycles. The Hall–Kier alpha value is -1.62. The van der Waals surface area contributed by atoms with Crippen LogP contribution in [0.4, 0.5) is 0 Å². The Kier molecular flexibility index (Phi) is 3.97. The van der Waals surface area contributed by atoms with Crippen LogP contribution >= 0.6 is 22.6 Å². The predicted octanol–water partition coefficient (Wildman–Crippen LogP) is 5.59. The number of fused-ring (bicyclic) bond motifs is 1. The molecule has 1 aliphatic rings. The van der Waals surface area contributed by atoms with Crippen molar-refractivity contribution in [3.8, 4) is 0 Å². The summed E-state index contributed by atoms with van der Waals surface area (Å²) in [6.07, 6.45) is 7.10. The topological polar surface area (TPSA) is 22.0 Å². The summed E-state index contributed by atoms with van der Waals surface area (Å²) >= 11 is 2.26. The van der Waals surface area contributed by atoms with Crippen LogP contribution in [-0.4, -0.2) is 10.4 Å². The molecule has 0 unspecified atom stereocenters. The van der Waals surface area contributed by atoms with Crippen molar-refractivity contribution < 1.29 is 4.79 Å². The molecule has 1 aromatic heterocycles. The molecule has 4 rings (SSSR count). The number of carbonyl (C=O) groups excluding carboxylic acids is 1. The van der Waals surface area contributed by atoms with Gasteiger partial charge >= 0.3 is 0 Å². The number of hydrogen-bond acceptors (Lipinski definition) is 1. The van der Waals surface area contributed by atoms with E-state index in [1.807, 2.05) is 30.3 Å². The summed E-state index contributed by atoms with van der Waals surface area (Å²) in [4.78, 5) is 13.0. The largest absolute Gasteiger partial charge is 0.344 e. The summed E-state index contributed by atoms with van der Waals surface area (Å²) in [5.74, 6) is 0.120. The molecule has 3 heteroatoms. The van der Waals surface area contributed by atoms with E-state index in [9.17, 15) is 4.79 Å². The molecule has 0 saturated heterocycles. The fourth-order valence-corrected chi connectivity index (χ4v) is 3.99. The molecular formula is C20H18INO. The highest BCUT2D eigenvalue weighted by Gasteiger charge is 2.22. The van der Waals surface area contributed by atoms with Gasteiger partial charge in [-0.25, -0.2) is 0 Å². The third-order valence-corrected chi connectivity index (χ3v) is 5.53. The van der Waals surface area contributed by atoms with Gasteiger partial charge in [-0.1, -0.05) is 31.0 Å². The Morgan fingerprint density at radius 1 is 1.00 bits per heavy atom. The minimum absolute atomic E-state index is 0.120. The summed E-state index contributed by atoms with van der Waals surface area (Å²) < 4.78 is 3.48. The van der Waals surface area contributed by atoms with Crippen molar-refractivity contribution in [2.75, 3.05) is 0 Å². The molecule has 0 radical (unpaired) electrons. The van der Waals surface area contributed by atoms with E-state index in [1.165, 1.54) is 31.2 Å². The van der Waals surface area contributed by atoms with Crippen LogP contribution in [0.1, 0.15) is 47.6 Å². The summed E-state index contributed by atoms with van der Waals surface area (Å²) in [6, 6.07) is 16.7. The van der Waals surface area contributed by atoms with Gasteiger partial charge < -0.3 is 4.57 Å². The molecule has 1 saturated carbocycles. The van der Waals surface area contributed by atoms with Gasteiger partial charge in [-0.3, -0.25) is 4.79 Å². The zero-order valence-corrected chi connectivity index (χ0v) is 15.0. The second-order valence-corrected chi connectivity index (χ2v) is 7.49. The SMILES string of the molecule is O=C(c1ccc(I)cc1)c1cn(C2CCCC2)c2ccccc12. The number of hydrogen-bond donors (Lipinski definition) is 0.